The first-order valence-corrected chi connectivity index (χ1v) is 12.0. The van der Waals surface area contributed by atoms with Crippen molar-refractivity contribution < 1.29 is 19.2 Å². The van der Waals surface area contributed by atoms with Gasteiger partial charge in [-0.3, -0.25) is 0 Å². The van der Waals surface area contributed by atoms with Gasteiger partial charge in [0.05, 0.1) is 0 Å². The van der Waals surface area contributed by atoms with Crippen LogP contribution in [0.15, 0.2) is 24.3 Å². The van der Waals surface area contributed by atoms with Crippen LogP contribution in [0.25, 0.3) is 0 Å². The molecular formula is C22H41O4P. The molecule has 0 saturated heterocycles. The van der Waals surface area contributed by atoms with E-state index in [2.05, 4.69) is 52.0 Å². The van der Waals surface area contributed by atoms with E-state index in [0.29, 0.717) is 0 Å². The van der Waals surface area contributed by atoms with Gasteiger partial charge in [0.25, 0.3) is 0 Å². The second-order valence-electron chi connectivity index (χ2n) is 8.27. The van der Waals surface area contributed by atoms with Crippen molar-refractivity contribution >= 4 is 7.82 Å². The van der Waals surface area contributed by atoms with Gasteiger partial charge in [0.1, 0.15) is 0 Å². The van der Waals surface area contributed by atoms with Crippen molar-refractivity contribution in [3.8, 4) is 0 Å². The van der Waals surface area contributed by atoms with E-state index in [-0.39, 0.29) is 0 Å². The van der Waals surface area contributed by atoms with Gasteiger partial charge in [-0.1, -0.05) is 90.5 Å². The van der Waals surface area contributed by atoms with E-state index in [0.717, 1.165) is 11.8 Å². The monoisotopic (exact) mass is 400 g/mol. The molecule has 3 N–H and O–H groups in total. The van der Waals surface area contributed by atoms with Crippen LogP contribution in [-0.4, -0.2) is 14.7 Å². The first-order valence-electron chi connectivity index (χ1n) is 10.4. The summed E-state index contributed by atoms with van der Waals surface area (Å²) in [7, 11) is -4.64. The Balaban J connectivity index is 0.00000119. The molecule has 158 valence electrons. The molecule has 0 aliphatic carbocycles. The Morgan fingerprint density at radius 2 is 1.04 bits per heavy atom. The predicted octanol–water partition coefficient (Wildman–Crippen LogP) is 6.28. The molecule has 0 saturated carbocycles. The SMILES string of the molecule is CC(C)CCCCCc1ccccc1CCCCCC(C)C.O=P(O)(O)O. The summed E-state index contributed by atoms with van der Waals surface area (Å²) in [6.45, 7) is 9.31. The fourth-order valence-corrected chi connectivity index (χ4v) is 3.13. The van der Waals surface area contributed by atoms with Crippen LogP contribution in [0.1, 0.15) is 90.2 Å². The fraction of sp³-hybridized carbons (Fsp3) is 0.727. The molecule has 27 heavy (non-hydrogen) atoms. The highest BCUT2D eigenvalue weighted by Gasteiger charge is 2.03. The molecule has 0 radical (unpaired) electrons. The Kier molecular flexibility index (Phi) is 14.9. The maximum atomic E-state index is 8.88. The Morgan fingerprint density at radius 1 is 0.704 bits per heavy atom. The van der Waals surface area contributed by atoms with E-state index in [1.807, 2.05) is 0 Å². The maximum absolute atomic E-state index is 8.88. The Bertz CT molecular complexity index is 478. The highest BCUT2D eigenvalue weighted by Crippen LogP contribution is 2.25. The average molecular weight is 401 g/mol. The minimum absolute atomic E-state index is 0.859. The second kappa shape index (κ2) is 15.3. The lowest BCUT2D eigenvalue weighted by atomic mass is 9.95. The number of hydrogen-bond acceptors (Lipinski definition) is 1. The van der Waals surface area contributed by atoms with E-state index in [1.165, 1.54) is 64.2 Å². The van der Waals surface area contributed by atoms with Gasteiger partial charge in [0.2, 0.25) is 0 Å². The predicted molar refractivity (Wildman–Crippen MR) is 115 cm³/mol. The number of aryl methyl sites for hydroxylation is 2. The molecule has 5 heteroatoms. The van der Waals surface area contributed by atoms with Gasteiger partial charge in [-0.15, -0.1) is 0 Å². The first kappa shape index (κ1) is 26.3. The van der Waals surface area contributed by atoms with Gasteiger partial charge in [0.15, 0.2) is 0 Å². The van der Waals surface area contributed by atoms with Crippen LogP contribution in [0.4, 0.5) is 0 Å². The van der Waals surface area contributed by atoms with Crippen molar-refractivity contribution in [2.75, 3.05) is 0 Å². The fourth-order valence-electron chi connectivity index (χ4n) is 3.13. The van der Waals surface area contributed by atoms with Crippen molar-refractivity contribution in [3.63, 3.8) is 0 Å². The van der Waals surface area contributed by atoms with Crippen LogP contribution in [0.5, 0.6) is 0 Å². The molecule has 0 atom stereocenters. The van der Waals surface area contributed by atoms with E-state index >= 15 is 0 Å². The van der Waals surface area contributed by atoms with Crippen LogP contribution >= 0.6 is 7.82 Å². The Hall–Kier alpha value is -0.670. The number of hydrogen-bond donors (Lipinski definition) is 3. The summed E-state index contributed by atoms with van der Waals surface area (Å²) in [6, 6.07) is 9.13. The van der Waals surface area contributed by atoms with Crippen LogP contribution in [0, 0.1) is 11.8 Å². The second-order valence-corrected chi connectivity index (χ2v) is 9.29. The molecule has 1 aromatic carbocycles. The summed E-state index contributed by atoms with van der Waals surface area (Å²) in [5.41, 5.74) is 3.21. The molecule has 0 aliphatic rings. The van der Waals surface area contributed by atoms with Crippen molar-refractivity contribution in [2.24, 2.45) is 11.8 Å². The van der Waals surface area contributed by atoms with E-state index in [1.54, 1.807) is 11.1 Å². The van der Waals surface area contributed by atoms with E-state index in [4.69, 9.17) is 19.2 Å². The van der Waals surface area contributed by atoms with E-state index in [9.17, 15) is 0 Å². The summed E-state index contributed by atoms with van der Waals surface area (Å²) >= 11 is 0. The molecule has 0 amide bonds. The van der Waals surface area contributed by atoms with Crippen molar-refractivity contribution in [1.82, 2.24) is 0 Å². The van der Waals surface area contributed by atoms with Crippen molar-refractivity contribution in [1.29, 1.82) is 0 Å². The third-order valence-corrected chi connectivity index (χ3v) is 4.57. The zero-order valence-electron chi connectivity index (χ0n) is 17.7. The molecule has 4 nitrogen and oxygen atoms in total. The van der Waals surface area contributed by atoms with Gasteiger partial charge < -0.3 is 14.7 Å². The number of rotatable bonds is 12. The number of phosphoric acid groups is 1. The molecule has 0 unspecified atom stereocenters. The molecular weight excluding hydrogens is 359 g/mol. The lowest BCUT2D eigenvalue weighted by Gasteiger charge is -2.10. The molecule has 1 rings (SSSR count). The average Bonchev–Trinajstić information content (AvgIpc) is 2.53. The minimum Gasteiger partial charge on any atom is -0.303 e. The smallest absolute Gasteiger partial charge is 0.303 e. The molecule has 0 bridgehead atoms. The van der Waals surface area contributed by atoms with Gasteiger partial charge in [-0.25, -0.2) is 4.57 Å². The topological polar surface area (TPSA) is 77.8 Å². The molecule has 0 aromatic heterocycles. The molecule has 0 spiro atoms. The molecule has 0 fully saturated rings. The van der Waals surface area contributed by atoms with Gasteiger partial charge in [-0.2, -0.15) is 0 Å². The zero-order chi connectivity index (χ0) is 20.7. The summed E-state index contributed by atoms with van der Waals surface area (Å²) in [4.78, 5) is 21.6. The quantitative estimate of drug-likeness (QED) is 0.285. The van der Waals surface area contributed by atoms with Gasteiger partial charge >= 0.3 is 7.82 Å². The molecule has 0 aliphatic heterocycles. The van der Waals surface area contributed by atoms with Gasteiger partial charge in [-0.05, 0) is 48.6 Å². The van der Waals surface area contributed by atoms with Crippen LogP contribution < -0.4 is 0 Å². The van der Waals surface area contributed by atoms with Gasteiger partial charge in [0, 0.05) is 0 Å². The van der Waals surface area contributed by atoms with Crippen LogP contribution in [0.2, 0.25) is 0 Å². The number of benzene rings is 1. The van der Waals surface area contributed by atoms with Crippen molar-refractivity contribution in [2.45, 2.75) is 91.9 Å². The lowest BCUT2D eigenvalue weighted by molar-refractivity contribution is 0.275. The summed E-state index contributed by atoms with van der Waals surface area (Å²) in [5.74, 6) is 1.72. The molecule has 1 aromatic rings. The first-order chi connectivity index (χ1) is 12.6. The summed E-state index contributed by atoms with van der Waals surface area (Å²) in [6.07, 6.45) is 13.6. The Morgan fingerprint density at radius 3 is 1.33 bits per heavy atom. The van der Waals surface area contributed by atoms with Crippen LogP contribution in [-0.2, 0) is 17.4 Å². The standard InChI is InChI=1S/C22H38.H3O4P/c1-19(2)13-7-5-9-15-21-17-11-12-18-22(21)16-10-6-8-14-20(3)4;1-5(2,3)4/h11-12,17-20H,5-10,13-16H2,1-4H3;(H3,1,2,3,4). The lowest BCUT2D eigenvalue weighted by Crippen LogP contribution is -1.96. The normalized spacial score (nSPS) is 11.6. The summed E-state index contributed by atoms with van der Waals surface area (Å²) in [5, 5.41) is 0. The molecule has 0 heterocycles. The zero-order valence-corrected chi connectivity index (χ0v) is 18.6. The summed E-state index contributed by atoms with van der Waals surface area (Å²) < 4.78 is 8.88. The van der Waals surface area contributed by atoms with Crippen molar-refractivity contribution in [3.05, 3.63) is 35.4 Å². The largest absolute Gasteiger partial charge is 0.466 e. The van der Waals surface area contributed by atoms with E-state index < -0.39 is 7.82 Å². The third-order valence-electron chi connectivity index (χ3n) is 4.57. The maximum Gasteiger partial charge on any atom is 0.466 e. The van der Waals surface area contributed by atoms with Crippen LogP contribution in [0.3, 0.4) is 0 Å². The highest BCUT2D eigenvalue weighted by molar-refractivity contribution is 7.45. The number of unbranched alkanes of at least 4 members (excludes halogenated alkanes) is 4. The third kappa shape index (κ3) is 19.9. The highest BCUT2D eigenvalue weighted by atomic mass is 31.2. The Labute approximate surface area is 166 Å². The minimum atomic E-state index is -4.64.